The van der Waals surface area contributed by atoms with Crippen LogP contribution in [0, 0.1) is 12.7 Å². The topological polar surface area (TPSA) is 78.9 Å². The predicted octanol–water partition coefficient (Wildman–Crippen LogP) is 6.39. The molecule has 4 aromatic carbocycles. The Labute approximate surface area is 226 Å². The van der Waals surface area contributed by atoms with Crippen LogP contribution in [0.5, 0.6) is 5.75 Å². The number of hydrogen-bond donors (Lipinski definition) is 2. The molecule has 0 bridgehead atoms. The summed E-state index contributed by atoms with van der Waals surface area (Å²) in [6.07, 6.45) is 0. The number of aromatic carboxylic acids is 1. The van der Waals surface area contributed by atoms with E-state index in [0.29, 0.717) is 36.6 Å². The molecule has 0 aromatic heterocycles. The summed E-state index contributed by atoms with van der Waals surface area (Å²) in [5.74, 6) is -0.836. The van der Waals surface area contributed by atoms with Crippen LogP contribution < -0.4 is 15.0 Å². The van der Waals surface area contributed by atoms with Crippen LogP contribution in [0.25, 0.3) is 11.1 Å². The molecule has 5 rings (SSSR count). The maximum absolute atomic E-state index is 13.5. The average Bonchev–Trinajstić information content (AvgIpc) is 2.93. The van der Waals surface area contributed by atoms with E-state index in [2.05, 4.69) is 10.2 Å². The third kappa shape index (κ3) is 5.62. The van der Waals surface area contributed by atoms with Crippen molar-refractivity contribution in [2.24, 2.45) is 0 Å². The molecule has 7 heteroatoms. The summed E-state index contributed by atoms with van der Waals surface area (Å²) in [5.41, 5.74) is 5.92. The molecule has 2 N–H and O–H groups in total. The number of nitrogens with zero attached hydrogens (tertiary/aromatic N) is 1. The normalized spacial score (nSPS) is 13.3. The highest BCUT2D eigenvalue weighted by Crippen LogP contribution is 2.34. The maximum Gasteiger partial charge on any atom is 0.336 e. The standard InChI is InChI=1S/C32H29FN2O4/c1-20-17-25(33)12-13-26(20)21(2)34-31(36)24-11-14-29-30(18-24)39-16-15-35(29)19-22-7-9-23(10-8-22)27-5-3-4-6-28(27)32(37)38/h3-14,17-18,21H,15-16,19H2,1-2H3,(H,34,36)(H,37,38). The van der Waals surface area contributed by atoms with Gasteiger partial charge >= 0.3 is 5.97 Å². The Morgan fingerprint density at radius 1 is 1.03 bits per heavy atom. The molecule has 0 saturated heterocycles. The summed E-state index contributed by atoms with van der Waals surface area (Å²) < 4.78 is 19.4. The van der Waals surface area contributed by atoms with Gasteiger partial charge in [-0.05, 0) is 78.1 Å². The fraction of sp³-hybridized carbons (Fsp3) is 0.188. The van der Waals surface area contributed by atoms with Crippen LogP contribution in [-0.2, 0) is 6.54 Å². The van der Waals surface area contributed by atoms with Gasteiger partial charge in [-0.2, -0.15) is 0 Å². The summed E-state index contributed by atoms with van der Waals surface area (Å²) in [7, 11) is 0. The Balaban J connectivity index is 1.29. The zero-order valence-electron chi connectivity index (χ0n) is 21.8. The van der Waals surface area contributed by atoms with Crippen molar-refractivity contribution in [2.75, 3.05) is 18.1 Å². The second-order valence-corrected chi connectivity index (χ2v) is 9.70. The van der Waals surface area contributed by atoms with Gasteiger partial charge < -0.3 is 20.1 Å². The van der Waals surface area contributed by atoms with Gasteiger partial charge in [0.25, 0.3) is 5.91 Å². The number of ether oxygens (including phenoxy) is 1. The quantitative estimate of drug-likeness (QED) is 0.293. The molecule has 39 heavy (non-hydrogen) atoms. The predicted molar refractivity (Wildman–Crippen MR) is 149 cm³/mol. The summed E-state index contributed by atoms with van der Waals surface area (Å²) >= 11 is 0. The van der Waals surface area contributed by atoms with Crippen molar-refractivity contribution in [2.45, 2.75) is 26.4 Å². The van der Waals surface area contributed by atoms with Gasteiger partial charge in [-0.15, -0.1) is 0 Å². The largest absolute Gasteiger partial charge is 0.490 e. The number of nitrogens with one attached hydrogen (secondary N) is 1. The molecule has 0 fully saturated rings. The first-order valence-corrected chi connectivity index (χ1v) is 12.8. The first kappa shape index (κ1) is 26.0. The zero-order chi connectivity index (χ0) is 27.5. The number of anilines is 1. The zero-order valence-corrected chi connectivity index (χ0v) is 21.8. The summed E-state index contributed by atoms with van der Waals surface area (Å²) in [5, 5.41) is 12.5. The van der Waals surface area contributed by atoms with Crippen molar-refractivity contribution in [3.05, 3.63) is 119 Å². The Bertz CT molecular complexity index is 1530. The molecule has 1 heterocycles. The number of aryl methyl sites for hydroxylation is 1. The van der Waals surface area contributed by atoms with Crippen LogP contribution in [0.1, 0.15) is 50.4 Å². The number of benzene rings is 4. The molecule has 4 aromatic rings. The van der Waals surface area contributed by atoms with Gasteiger partial charge in [0.2, 0.25) is 0 Å². The molecule has 0 saturated carbocycles. The van der Waals surface area contributed by atoms with E-state index in [0.717, 1.165) is 27.9 Å². The van der Waals surface area contributed by atoms with Gasteiger partial charge in [0.15, 0.2) is 0 Å². The van der Waals surface area contributed by atoms with Crippen molar-refractivity contribution < 1.29 is 23.8 Å². The molecule has 0 spiro atoms. The third-order valence-corrected chi connectivity index (χ3v) is 7.02. The lowest BCUT2D eigenvalue weighted by atomic mass is 9.98. The lowest BCUT2D eigenvalue weighted by Crippen LogP contribution is -2.32. The fourth-order valence-corrected chi connectivity index (χ4v) is 5.00. The van der Waals surface area contributed by atoms with Crippen LogP contribution in [0.4, 0.5) is 10.1 Å². The van der Waals surface area contributed by atoms with Gasteiger partial charge in [-0.3, -0.25) is 4.79 Å². The fourth-order valence-electron chi connectivity index (χ4n) is 5.00. The van der Waals surface area contributed by atoms with E-state index in [9.17, 15) is 19.1 Å². The Hall–Kier alpha value is -4.65. The van der Waals surface area contributed by atoms with Gasteiger partial charge in [0.05, 0.1) is 23.8 Å². The molecular formula is C32H29FN2O4. The van der Waals surface area contributed by atoms with Gasteiger partial charge in [0.1, 0.15) is 18.2 Å². The number of fused-ring (bicyclic) bond motifs is 1. The van der Waals surface area contributed by atoms with Crippen LogP contribution in [0.2, 0.25) is 0 Å². The third-order valence-electron chi connectivity index (χ3n) is 7.02. The highest BCUT2D eigenvalue weighted by Gasteiger charge is 2.21. The lowest BCUT2D eigenvalue weighted by molar-refractivity contribution is 0.0697. The lowest BCUT2D eigenvalue weighted by Gasteiger charge is -2.31. The van der Waals surface area contributed by atoms with Crippen LogP contribution >= 0.6 is 0 Å². The number of carbonyl (C=O) groups is 2. The number of halogens is 1. The average molecular weight is 525 g/mol. The highest BCUT2D eigenvalue weighted by atomic mass is 19.1. The van der Waals surface area contributed by atoms with E-state index in [1.165, 1.54) is 12.1 Å². The van der Waals surface area contributed by atoms with Gasteiger partial charge in [-0.1, -0.05) is 48.5 Å². The first-order valence-electron chi connectivity index (χ1n) is 12.8. The Kier molecular flexibility index (Phi) is 7.32. The van der Waals surface area contributed by atoms with Crippen LogP contribution in [-0.4, -0.2) is 30.1 Å². The second-order valence-electron chi connectivity index (χ2n) is 9.70. The molecule has 0 aliphatic carbocycles. The Morgan fingerprint density at radius 2 is 1.79 bits per heavy atom. The second kappa shape index (κ2) is 11.0. The van der Waals surface area contributed by atoms with E-state index in [4.69, 9.17) is 4.74 Å². The van der Waals surface area contributed by atoms with Crippen molar-refractivity contribution >= 4 is 17.6 Å². The number of carboxylic acids is 1. The van der Waals surface area contributed by atoms with Crippen molar-refractivity contribution in [1.29, 1.82) is 0 Å². The van der Waals surface area contributed by atoms with Crippen LogP contribution in [0.15, 0.2) is 84.9 Å². The number of rotatable bonds is 7. The van der Waals surface area contributed by atoms with E-state index in [1.807, 2.05) is 56.3 Å². The maximum atomic E-state index is 13.5. The number of hydrogen-bond acceptors (Lipinski definition) is 4. The smallest absolute Gasteiger partial charge is 0.336 e. The van der Waals surface area contributed by atoms with E-state index in [1.54, 1.807) is 30.3 Å². The van der Waals surface area contributed by atoms with E-state index >= 15 is 0 Å². The summed E-state index contributed by atoms with van der Waals surface area (Å²) in [6, 6.07) is 24.6. The summed E-state index contributed by atoms with van der Waals surface area (Å²) in [4.78, 5) is 26.8. The Morgan fingerprint density at radius 3 is 2.54 bits per heavy atom. The van der Waals surface area contributed by atoms with Crippen molar-refractivity contribution in [3.63, 3.8) is 0 Å². The van der Waals surface area contributed by atoms with Gasteiger partial charge in [-0.25, -0.2) is 9.18 Å². The molecule has 1 unspecified atom stereocenters. The first-order chi connectivity index (χ1) is 18.8. The number of amides is 1. The molecule has 1 aliphatic rings. The highest BCUT2D eigenvalue weighted by molar-refractivity contribution is 5.96. The number of carboxylic acid groups (broad SMARTS) is 1. The minimum Gasteiger partial charge on any atom is -0.490 e. The van der Waals surface area contributed by atoms with Crippen LogP contribution in [0.3, 0.4) is 0 Å². The molecular weight excluding hydrogens is 495 g/mol. The minimum absolute atomic E-state index is 0.230. The summed E-state index contributed by atoms with van der Waals surface area (Å²) in [6.45, 7) is 5.53. The molecule has 0 radical (unpaired) electrons. The minimum atomic E-state index is -0.951. The van der Waals surface area contributed by atoms with E-state index < -0.39 is 5.97 Å². The molecule has 6 nitrogen and oxygen atoms in total. The molecule has 1 aliphatic heterocycles. The monoisotopic (exact) mass is 524 g/mol. The molecule has 1 amide bonds. The van der Waals surface area contributed by atoms with Crippen molar-refractivity contribution in [3.8, 4) is 16.9 Å². The van der Waals surface area contributed by atoms with Gasteiger partial charge in [0, 0.05) is 12.1 Å². The molecule has 1 atom stereocenters. The molecule has 198 valence electrons. The van der Waals surface area contributed by atoms with Crippen molar-refractivity contribution in [1.82, 2.24) is 5.32 Å². The number of carbonyl (C=O) groups excluding carboxylic acids is 1. The van der Waals surface area contributed by atoms with E-state index in [-0.39, 0.29) is 23.3 Å². The SMILES string of the molecule is Cc1cc(F)ccc1C(C)NC(=O)c1ccc2c(c1)OCCN2Cc1ccc(-c2ccccc2C(=O)O)cc1.